The molecule has 0 aliphatic carbocycles. The van der Waals surface area contributed by atoms with Crippen molar-refractivity contribution < 1.29 is 0 Å². The van der Waals surface area contributed by atoms with E-state index in [1.807, 2.05) is 36.5 Å². The molecular formula is C20H19ClN4. The minimum atomic E-state index is 0.656. The molecular weight excluding hydrogens is 332 g/mol. The third kappa shape index (κ3) is 3.74. The first-order valence-corrected chi connectivity index (χ1v) is 8.79. The third-order valence-electron chi connectivity index (χ3n) is 4.44. The van der Waals surface area contributed by atoms with Crippen molar-refractivity contribution in [2.75, 3.05) is 16.8 Å². The highest BCUT2D eigenvalue weighted by molar-refractivity contribution is 6.30. The summed E-state index contributed by atoms with van der Waals surface area (Å²) >= 11 is 6.09. The first kappa shape index (κ1) is 15.9. The molecule has 1 aromatic heterocycles. The molecule has 0 radical (unpaired) electrons. The van der Waals surface area contributed by atoms with E-state index in [1.54, 1.807) is 0 Å². The fraction of sp³-hybridized carbons (Fsp3) is 0.200. The van der Waals surface area contributed by atoms with Gasteiger partial charge in [0.25, 0.3) is 0 Å². The molecule has 1 aliphatic rings. The van der Waals surface area contributed by atoms with Crippen LogP contribution in [0.25, 0.3) is 0 Å². The molecule has 1 N–H and O–H groups in total. The fourth-order valence-corrected chi connectivity index (χ4v) is 3.30. The number of hydrogen-bond donors (Lipinski definition) is 1. The van der Waals surface area contributed by atoms with E-state index >= 15 is 0 Å². The lowest BCUT2D eigenvalue weighted by Crippen LogP contribution is -2.31. The van der Waals surface area contributed by atoms with Gasteiger partial charge in [-0.3, -0.25) is 0 Å². The number of nitrogens with zero attached hydrogens (tertiary/aromatic N) is 3. The highest BCUT2D eigenvalue weighted by Crippen LogP contribution is 2.25. The Hall–Kier alpha value is -2.59. The quantitative estimate of drug-likeness (QED) is 0.761. The summed E-state index contributed by atoms with van der Waals surface area (Å²) in [5.74, 6) is 1.61. The Kier molecular flexibility index (Phi) is 4.53. The number of nitrogens with one attached hydrogen (secondary N) is 1. The third-order valence-corrected chi connectivity index (χ3v) is 4.67. The molecule has 0 fully saturated rings. The zero-order valence-electron chi connectivity index (χ0n) is 13.8. The number of hydrogen-bond acceptors (Lipinski definition) is 4. The largest absolute Gasteiger partial charge is 0.352 e. The zero-order chi connectivity index (χ0) is 17.1. The van der Waals surface area contributed by atoms with E-state index in [0.29, 0.717) is 12.5 Å². The number of anilines is 2. The Morgan fingerprint density at radius 2 is 1.92 bits per heavy atom. The molecule has 126 valence electrons. The van der Waals surface area contributed by atoms with E-state index in [9.17, 15) is 0 Å². The highest BCUT2D eigenvalue weighted by Gasteiger charge is 2.18. The standard InChI is InChI=1S/C20H19ClN4/c21-18-7-6-17-14-25(11-9-16(17)12-18)19-8-10-22-20(24-19)23-13-15-4-2-1-3-5-15/h1-8,10,12H,9,11,13-14H2,(H,22,23,24). The maximum Gasteiger partial charge on any atom is 0.224 e. The van der Waals surface area contributed by atoms with Crippen molar-refractivity contribution in [3.63, 3.8) is 0 Å². The highest BCUT2D eigenvalue weighted by atomic mass is 35.5. The van der Waals surface area contributed by atoms with Crippen LogP contribution in [-0.2, 0) is 19.5 Å². The summed E-state index contributed by atoms with van der Waals surface area (Å²) in [6.45, 7) is 2.50. The van der Waals surface area contributed by atoms with E-state index in [2.05, 4.69) is 44.5 Å². The molecule has 0 spiro atoms. The van der Waals surface area contributed by atoms with Crippen LogP contribution >= 0.6 is 11.6 Å². The lowest BCUT2D eigenvalue weighted by atomic mass is 10.00. The van der Waals surface area contributed by atoms with Gasteiger partial charge >= 0.3 is 0 Å². The first-order valence-electron chi connectivity index (χ1n) is 8.41. The van der Waals surface area contributed by atoms with Crippen LogP contribution < -0.4 is 10.2 Å². The van der Waals surface area contributed by atoms with Gasteiger partial charge < -0.3 is 10.2 Å². The number of halogens is 1. The van der Waals surface area contributed by atoms with Gasteiger partial charge in [-0.05, 0) is 41.3 Å². The van der Waals surface area contributed by atoms with Gasteiger partial charge in [0.05, 0.1) is 0 Å². The molecule has 0 saturated carbocycles. The number of benzene rings is 2. The van der Waals surface area contributed by atoms with E-state index < -0.39 is 0 Å². The molecule has 0 saturated heterocycles. The summed E-state index contributed by atoms with van der Waals surface area (Å²) in [4.78, 5) is 11.3. The summed E-state index contributed by atoms with van der Waals surface area (Å²) in [6, 6.07) is 18.4. The van der Waals surface area contributed by atoms with Gasteiger partial charge in [0.1, 0.15) is 5.82 Å². The Bertz CT molecular complexity index is 867. The second-order valence-electron chi connectivity index (χ2n) is 6.16. The Labute approximate surface area is 152 Å². The minimum absolute atomic E-state index is 0.656. The average Bonchev–Trinajstić information content (AvgIpc) is 2.67. The van der Waals surface area contributed by atoms with Crippen molar-refractivity contribution in [2.45, 2.75) is 19.5 Å². The van der Waals surface area contributed by atoms with Gasteiger partial charge in [-0.2, -0.15) is 4.98 Å². The van der Waals surface area contributed by atoms with Crippen molar-refractivity contribution in [1.82, 2.24) is 9.97 Å². The fourth-order valence-electron chi connectivity index (χ4n) is 3.10. The van der Waals surface area contributed by atoms with Crippen LogP contribution in [0.5, 0.6) is 0 Å². The first-order chi connectivity index (χ1) is 12.3. The van der Waals surface area contributed by atoms with E-state index in [0.717, 1.165) is 30.4 Å². The van der Waals surface area contributed by atoms with Crippen molar-refractivity contribution in [3.8, 4) is 0 Å². The molecule has 3 aromatic rings. The molecule has 1 aliphatic heterocycles. The molecule has 0 bridgehead atoms. The summed E-state index contributed by atoms with van der Waals surface area (Å²) < 4.78 is 0. The Balaban J connectivity index is 1.47. The number of fused-ring (bicyclic) bond motifs is 1. The second kappa shape index (κ2) is 7.11. The van der Waals surface area contributed by atoms with Crippen molar-refractivity contribution in [3.05, 3.63) is 82.5 Å². The Morgan fingerprint density at radius 1 is 1.04 bits per heavy atom. The predicted molar refractivity (Wildman–Crippen MR) is 102 cm³/mol. The minimum Gasteiger partial charge on any atom is -0.352 e. The van der Waals surface area contributed by atoms with Crippen LogP contribution in [0.2, 0.25) is 5.02 Å². The smallest absolute Gasteiger partial charge is 0.224 e. The molecule has 4 rings (SSSR count). The van der Waals surface area contributed by atoms with Crippen molar-refractivity contribution >= 4 is 23.4 Å². The van der Waals surface area contributed by atoms with Gasteiger partial charge in [-0.15, -0.1) is 0 Å². The molecule has 0 amide bonds. The van der Waals surface area contributed by atoms with E-state index in [4.69, 9.17) is 11.6 Å². The predicted octanol–water partition coefficient (Wildman–Crippen LogP) is 4.30. The molecule has 0 unspecified atom stereocenters. The summed E-state index contributed by atoms with van der Waals surface area (Å²) in [6.07, 6.45) is 2.79. The van der Waals surface area contributed by atoms with Crippen LogP contribution in [0.3, 0.4) is 0 Å². The summed E-state index contributed by atoms with van der Waals surface area (Å²) in [7, 11) is 0. The van der Waals surface area contributed by atoms with Gasteiger partial charge in [0.15, 0.2) is 0 Å². The number of rotatable bonds is 4. The zero-order valence-corrected chi connectivity index (χ0v) is 14.6. The van der Waals surface area contributed by atoms with Crippen LogP contribution in [0.1, 0.15) is 16.7 Å². The molecule has 5 heteroatoms. The average molecular weight is 351 g/mol. The lowest BCUT2D eigenvalue weighted by molar-refractivity contribution is 0.719. The molecule has 0 atom stereocenters. The molecule has 25 heavy (non-hydrogen) atoms. The van der Waals surface area contributed by atoms with Gasteiger partial charge in [0.2, 0.25) is 5.95 Å². The topological polar surface area (TPSA) is 41.1 Å². The second-order valence-corrected chi connectivity index (χ2v) is 6.60. The number of aromatic nitrogens is 2. The Morgan fingerprint density at radius 3 is 2.80 bits per heavy atom. The maximum absolute atomic E-state index is 6.09. The van der Waals surface area contributed by atoms with Crippen LogP contribution in [0.4, 0.5) is 11.8 Å². The van der Waals surface area contributed by atoms with Crippen molar-refractivity contribution in [1.29, 1.82) is 0 Å². The monoisotopic (exact) mass is 350 g/mol. The van der Waals surface area contributed by atoms with E-state index in [1.165, 1.54) is 16.7 Å². The van der Waals surface area contributed by atoms with E-state index in [-0.39, 0.29) is 0 Å². The summed E-state index contributed by atoms with van der Waals surface area (Å²) in [5.41, 5.74) is 3.86. The molecule has 2 aromatic carbocycles. The van der Waals surface area contributed by atoms with Crippen LogP contribution in [-0.4, -0.2) is 16.5 Å². The molecule has 2 heterocycles. The van der Waals surface area contributed by atoms with Crippen molar-refractivity contribution in [2.24, 2.45) is 0 Å². The van der Waals surface area contributed by atoms with Crippen LogP contribution in [0, 0.1) is 0 Å². The lowest BCUT2D eigenvalue weighted by Gasteiger charge is -2.30. The normalized spacial score (nSPS) is 13.4. The van der Waals surface area contributed by atoms with Gasteiger partial charge in [0, 0.05) is 30.9 Å². The van der Waals surface area contributed by atoms with Gasteiger partial charge in [-0.1, -0.05) is 48.0 Å². The summed E-state index contributed by atoms with van der Waals surface area (Å²) in [5, 5.41) is 4.11. The maximum atomic E-state index is 6.09. The SMILES string of the molecule is Clc1ccc2c(c1)CCN(c1ccnc(NCc3ccccc3)n1)C2. The van der Waals surface area contributed by atoms with Gasteiger partial charge in [-0.25, -0.2) is 4.98 Å². The van der Waals surface area contributed by atoms with Crippen LogP contribution in [0.15, 0.2) is 60.8 Å². The molecule has 4 nitrogen and oxygen atoms in total.